The lowest BCUT2D eigenvalue weighted by atomic mass is 9.97. The van der Waals surface area contributed by atoms with Crippen molar-refractivity contribution in [1.29, 1.82) is 0 Å². The summed E-state index contributed by atoms with van der Waals surface area (Å²) in [4.78, 5) is 21.5. The van der Waals surface area contributed by atoms with Gasteiger partial charge in [-0.3, -0.25) is 14.9 Å². The van der Waals surface area contributed by atoms with E-state index in [2.05, 4.69) is 5.32 Å². The molecule has 1 atom stereocenters. The van der Waals surface area contributed by atoms with Crippen LogP contribution in [-0.2, 0) is 0 Å². The average molecular weight is 293 g/mol. The predicted octanol–water partition coefficient (Wildman–Crippen LogP) is 1.46. The lowest BCUT2D eigenvalue weighted by Gasteiger charge is -2.22. The third kappa shape index (κ3) is 4.16. The monoisotopic (exact) mass is 293 g/mol. The number of nitrogens with zero attached hydrogens (tertiary/aromatic N) is 1. The Hall–Kier alpha value is -2.15. The van der Waals surface area contributed by atoms with Crippen LogP contribution in [-0.4, -0.2) is 30.5 Å². The molecule has 0 saturated carbocycles. The fourth-order valence-corrected chi connectivity index (χ4v) is 2.44. The standard InChI is InChI=1S/C14H19N3O4/c15-14(18)11-3-4-13(12(8-11)17(19)20)21-7-5-10-2-1-6-16-9-10/h3-4,8,10,16H,1-2,5-7,9H2,(H2,15,18). The van der Waals surface area contributed by atoms with Gasteiger partial charge in [0.05, 0.1) is 11.5 Å². The topological polar surface area (TPSA) is 107 Å². The number of benzene rings is 1. The summed E-state index contributed by atoms with van der Waals surface area (Å²) >= 11 is 0. The third-order valence-electron chi connectivity index (χ3n) is 3.62. The number of nitrogens with two attached hydrogens (primary N) is 1. The summed E-state index contributed by atoms with van der Waals surface area (Å²) in [6.07, 6.45) is 3.15. The molecule has 0 aromatic heterocycles. The molecule has 0 spiro atoms. The van der Waals surface area contributed by atoms with Gasteiger partial charge < -0.3 is 15.8 Å². The number of nitrogens with one attached hydrogen (secondary N) is 1. The third-order valence-corrected chi connectivity index (χ3v) is 3.62. The van der Waals surface area contributed by atoms with Crippen LogP contribution in [0.15, 0.2) is 18.2 Å². The Morgan fingerprint density at radius 2 is 2.33 bits per heavy atom. The summed E-state index contributed by atoms with van der Waals surface area (Å²) in [5, 5.41) is 14.3. The van der Waals surface area contributed by atoms with Crippen molar-refractivity contribution in [2.24, 2.45) is 11.7 Å². The molecule has 1 aliphatic heterocycles. The van der Waals surface area contributed by atoms with Crippen LogP contribution < -0.4 is 15.8 Å². The predicted molar refractivity (Wildman–Crippen MR) is 77.3 cm³/mol. The normalized spacial score (nSPS) is 18.2. The zero-order chi connectivity index (χ0) is 15.2. The van der Waals surface area contributed by atoms with Gasteiger partial charge in [0.1, 0.15) is 0 Å². The molecule has 0 aliphatic carbocycles. The molecule has 1 fully saturated rings. The highest BCUT2D eigenvalue weighted by Gasteiger charge is 2.19. The van der Waals surface area contributed by atoms with E-state index >= 15 is 0 Å². The number of nitro benzene ring substituents is 1. The molecule has 3 N–H and O–H groups in total. The highest BCUT2D eigenvalue weighted by molar-refractivity contribution is 5.93. The van der Waals surface area contributed by atoms with Gasteiger partial charge >= 0.3 is 5.69 Å². The summed E-state index contributed by atoms with van der Waals surface area (Å²) in [5.41, 5.74) is 4.99. The lowest BCUT2D eigenvalue weighted by Crippen LogP contribution is -2.30. The van der Waals surface area contributed by atoms with Crippen LogP contribution in [0.2, 0.25) is 0 Å². The van der Waals surface area contributed by atoms with E-state index in [1.165, 1.54) is 12.1 Å². The fourth-order valence-electron chi connectivity index (χ4n) is 2.44. The lowest BCUT2D eigenvalue weighted by molar-refractivity contribution is -0.385. The highest BCUT2D eigenvalue weighted by atomic mass is 16.6. The van der Waals surface area contributed by atoms with E-state index in [0.717, 1.165) is 38.4 Å². The van der Waals surface area contributed by atoms with Crippen LogP contribution in [0.25, 0.3) is 0 Å². The number of carbonyl (C=O) groups excluding carboxylic acids is 1. The average Bonchev–Trinajstić information content (AvgIpc) is 2.48. The maximum atomic E-state index is 11.1. The molecule has 2 rings (SSSR count). The maximum Gasteiger partial charge on any atom is 0.311 e. The Labute approximate surface area is 122 Å². The van der Waals surface area contributed by atoms with Crippen LogP contribution in [0.1, 0.15) is 29.6 Å². The molecule has 114 valence electrons. The molecule has 21 heavy (non-hydrogen) atoms. The fraction of sp³-hybridized carbons (Fsp3) is 0.500. The van der Waals surface area contributed by atoms with Crippen LogP contribution >= 0.6 is 0 Å². The van der Waals surface area contributed by atoms with Crippen molar-refractivity contribution in [2.45, 2.75) is 19.3 Å². The van der Waals surface area contributed by atoms with Crippen LogP contribution in [0, 0.1) is 16.0 Å². The Morgan fingerprint density at radius 3 is 2.95 bits per heavy atom. The number of ether oxygens (including phenoxy) is 1. The summed E-state index contributed by atoms with van der Waals surface area (Å²) in [6, 6.07) is 4.02. The SMILES string of the molecule is NC(=O)c1ccc(OCCC2CCCNC2)c([N+](=O)[O-])c1. The molecule has 1 amide bonds. The first-order valence-corrected chi connectivity index (χ1v) is 6.99. The Morgan fingerprint density at radius 1 is 1.52 bits per heavy atom. The first-order valence-electron chi connectivity index (χ1n) is 6.99. The summed E-state index contributed by atoms with van der Waals surface area (Å²) in [7, 11) is 0. The molecule has 1 aromatic rings. The van der Waals surface area contributed by atoms with Gasteiger partial charge in [0.2, 0.25) is 5.91 Å². The molecule has 0 radical (unpaired) electrons. The minimum Gasteiger partial charge on any atom is -0.487 e. The van der Waals surface area contributed by atoms with Gasteiger partial charge in [0, 0.05) is 11.6 Å². The Balaban J connectivity index is 1.98. The summed E-state index contributed by atoms with van der Waals surface area (Å²) in [6.45, 7) is 2.44. The van der Waals surface area contributed by atoms with E-state index in [0.29, 0.717) is 12.5 Å². The van der Waals surface area contributed by atoms with Gasteiger partial charge in [-0.25, -0.2) is 0 Å². The second-order valence-corrected chi connectivity index (χ2v) is 5.15. The maximum absolute atomic E-state index is 11.1. The van der Waals surface area contributed by atoms with Gasteiger partial charge in [-0.15, -0.1) is 0 Å². The molecular formula is C14H19N3O4. The van der Waals surface area contributed by atoms with E-state index in [-0.39, 0.29) is 17.0 Å². The minimum absolute atomic E-state index is 0.102. The summed E-state index contributed by atoms with van der Waals surface area (Å²) < 4.78 is 5.51. The van der Waals surface area contributed by atoms with Crippen molar-refractivity contribution in [3.8, 4) is 5.75 Å². The van der Waals surface area contributed by atoms with Crippen molar-refractivity contribution in [1.82, 2.24) is 5.32 Å². The number of piperidine rings is 1. The molecule has 0 bridgehead atoms. The number of carbonyl (C=O) groups is 1. The van der Waals surface area contributed by atoms with Crippen molar-refractivity contribution < 1.29 is 14.5 Å². The van der Waals surface area contributed by atoms with Crippen molar-refractivity contribution in [3.05, 3.63) is 33.9 Å². The summed E-state index contributed by atoms with van der Waals surface area (Å²) in [5.74, 6) is 0.0226. The number of hydrogen-bond donors (Lipinski definition) is 2. The van der Waals surface area contributed by atoms with E-state index in [1.54, 1.807) is 0 Å². The van der Waals surface area contributed by atoms with Crippen molar-refractivity contribution >= 4 is 11.6 Å². The van der Waals surface area contributed by atoms with E-state index < -0.39 is 10.8 Å². The van der Waals surface area contributed by atoms with Gasteiger partial charge in [-0.2, -0.15) is 0 Å². The minimum atomic E-state index is -0.696. The van der Waals surface area contributed by atoms with Crippen LogP contribution in [0.5, 0.6) is 5.75 Å². The molecule has 7 nitrogen and oxygen atoms in total. The number of hydrogen-bond acceptors (Lipinski definition) is 5. The van der Waals surface area contributed by atoms with Crippen molar-refractivity contribution in [3.63, 3.8) is 0 Å². The van der Waals surface area contributed by atoms with Gasteiger partial charge in [-0.05, 0) is 50.4 Å². The Kier molecular flexibility index (Phi) is 5.10. The van der Waals surface area contributed by atoms with E-state index in [4.69, 9.17) is 10.5 Å². The molecular weight excluding hydrogens is 274 g/mol. The second kappa shape index (κ2) is 7.03. The molecule has 7 heteroatoms. The largest absolute Gasteiger partial charge is 0.487 e. The van der Waals surface area contributed by atoms with Gasteiger partial charge in [0.25, 0.3) is 0 Å². The first-order chi connectivity index (χ1) is 10.1. The van der Waals surface area contributed by atoms with Gasteiger partial charge in [-0.1, -0.05) is 0 Å². The van der Waals surface area contributed by atoms with Crippen LogP contribution in [0.3, 0.4) is 0 Å². The molecule has 1 aliphatic rings. The number of rotatable bonds is 6. The smallest absolute Gasteiger partial charge is 0.311 e. The zero-order valence-corrected chi connectivity index (χ0v) is 11.7. The number of nitro groups is 1. The quantitative estimate of drug-likeness (QED) is 0.610. The number of primary amides is 1. The second-order valence-electron chi connectivity index (χ2n) is 5.15. The molecule has 1 unspecified atom stereocenters. The molecule has 1 aromatic carbocycles. The van der Waals surface area contributed by atoms with E-state index in [1.807, 2.05) is 0 Å². The zero-order valence-electron chi connectivity index (χ0n) is 11.7. The van der Waals surface area contributed by atoms with Crippen LogP contribution in [0.4, 0.5) is 5.69 Å². The molecule has 1 heterocycles. The van der Waals surface area contributed by atoms with Gasteiger partial charge in [0.15, 0.2) is 5.75 Å². The van der Waals surface area contributed by atoms with Crippen molar-refractivity contribution in [2.75, 3.05) is 19.7 Å². The first kappa shape index (κ1) is 15.2. The Bertz CT molecular complexity index is 527. The highest BCUT2D eigenvalue weighted by Crippen LogP contribution is 2.28. The van der Waals surface area contributed by atoms with E-state index in [9.17, 15) is 14.9 Å². The molecule has 1 saturated heterocycles. The number of amides is 1.